The van der Waals surface area contributed by atoms with Gasteiger partial charge in [0.25, 0.3) is 0 Å². The lowest BCUT2D eigenvalue weighted by Crippen LogP contribution is -2.19. The van der Waals surface area contributed by atoms with Crippen LogP contribution in [0.5, 0.6) is 0 Å². The van der Waals surface area contributed by atoms with Crippen LogP contribution in [0.1, 0.15) is 24.8 Å². The van der Waals surface area contributed by atoms with Gasteiger partial charge < -0.3 is 5.11 Å². The first kappa shape index (κ1) is 14.2. The Labute approximate surface area is 121 Å². The molecule has 0 aliphatic carbocycles. The van der Waals surface area contributed by atoms with Crippen LogP contribution in [0.2, 0.25) is 5.02 Å². The summed E-state index contributed by atoms with van der Waals surface area (Å²) in [5.41, 5.74) is 1.86. The number of allylic oxidation sites excluding steroid dienone is 1. The molecular formula is C14H14ClNO2S. The number of aliphatic imine (C=N–C) groups is 1. The van der Waals surface area contributed by atoms with Crippen LogP contribution in [-0.2, 0) is 4.79 Å². The first-order valence-corrected chi connectivity index (χ1v) is 7.44. The SMILES string of the molecule is CSC1=NC(C)=C(C(=O)O)C(c2cccc(Cl)c2)C1. The molecule has 0 radical (unpaired) electrons. The molecule has 0 fully saturated rings. The lowest BCUT2D eigenvalue weighted by molar-refractivity contribution is -0.133. The quantitative estimate of drug-likeness (QED) is 0.899. The van der Waals surface area contributed by atoms with Crippen molar-refractivity contribution in [2.45, 2.75) is 19.3 Å². The third-order valence-corrected chi connectivity index (χ3v) is 4.09. The number of nitrogens with zero attached hydrogens (tertiary/aromatic N) is 1. The molecule has 0 saturated carbocycles. The summed E-state index contributed by atoms with van der Waals surface area (Å²) in [5, 5.41) is 11.0. The van der Waals surface area contributed by atoms with Crippen LogP contribution >= 0.6 is 23.4 Å². The summed E-state index contributed by atoms with van der Waals surface area (Å²) in [6.45, 7) is 1.75. The standard InChI is InChI=1S/C14H14ClNO2S/c1-8-13(14(17)18)11(7-12(16-8)19-2)9-4-3-5-10(15)6-9/h3-6,11H,7H2,1-2H3,(H,17,18). The maximum absolute atomic E-state index is 11.5. The highest BCUT2D eigenvalue weighted by molar-refractivity contribution is 8.13. The van der Waals surface area contributed by atoms with E-state index in [1.54, 1.807) is 24.8 Å². The van der Waals surface area contributed by atoms with Crippen LogP contribution < -0.4 is 0 Å². The molecule has 0 aromatic heterocycles. The maximum Gasteiger partial charge on any atom is 0.334 e. The van der Waals surface area contributed by atoms with Gasteiger partial charge in [-0.1, -0.05) is 23.7 Å². The predicted octanol–water partition coefficient (Wildman–Crippen LogP) is 3.95. The van der Waals surface area contributed by atoms with Gasteiger partial charge in [0.1, 0.15) is 0 Å². The molecule has 3 nitrogen and oxygen atoms in total. The predicted molar refractivity (Wildman–Crippen MR) is 80.1 cm³/mol. The molecule has 1 atom stereocenters. The summed E-state index contributed by atoms with van der Waals surface area (Å²) in [6, 6.07) is 7.37. The number of hydrogen-bond donors (Lipinski definition) is 1. The number of benzene rings is 1. The Hall–Kier alpha value is -1.26. The lowest BCUT2D eigenvalue weighted by atomic mass is 9.86. The summed E-state index contributed by atoms with van der Waals surface area (Å²) < 4.78 is 0. The van der Waals surface area contributed by atoms with Crippen molar-refractivity contribution in [3.63, 3.8) is 0 Å². The Kier molecular flexibility index (Phi) is 4.32. The monoisotopic (exact) mass is 295 g/mol. The molecule has 2 rings (SSSR count). The van der Waals surface area contributed by atoms with Crippen LogP contribution in [0.4, 0.5) is 0 Å². The molecule has 100 valence electrons. The molecular weight excluding hydrogens is 282 g/mol. The fourth-order valence-electron chi connectivity index (χ4n) is 2.26. The third kappa shape index (κ3) is 3.01. The topological polar surface area (TPSA) is 49.7 Å². The van der Waals surface area contributed by atoms with E-state index >= 15 is 0 Å². The molecule has 1 aliphatic rings. The number of carbonyl (C=O) groups is 1. The summed E-state index contributed by atoms with van der Waals surface area (Å²) in [4.78, 5) is 15.8. The first-order valence-electron chi connectivity index (χ1n) is 5.84. The number of rotatable bonds is 2. The Morgan fingerprint density at radius 3 is 2.84 bits per heavy atom. The second kappa shape index (κ2) is 5.80. The minimum absolute atomic E-state index is 0.184. The zero-order valence-corrected chi connectivity index (χ0v) is 12.3. The van der Waals surface area contributed by atoms with Crippen molar-refractivity contribution < 1.29 is 9.90 Å². The second-order valence-corrected chi connectivity index (χ2v) is 5.64. The van der Waals surface area contributed by atoms with Gasteiger partial charge >= 0.3 is 5.97 Å². The van der Waals surface area contributed by atoms with Gasteiger partial charge in [-0.2, -0.15) is 0 Å². The Balaban J connectivity index is 2.50. The number of hydrogen-bond acceptors (Lipinski definition) is 3. The summed E-state index contributed by atoms with van der Waals surface area (Å²) in [5.74, 6) is -1.09. The van der Waals surface area contributed by atoms with Crippen LogP contribution in [-0.4, -0.2) is 22.4 Å². The molecule has 1 aliphatic heterocycles. The molecule has 1 heterocycles. The van der Waals surface area contributed by atoms with Crippen LogP contribution in [0.3, 0.4) is 0 Å². The van der Waals surface area contributed by atoms with Crippen LogP contribution in [0.25, 0.3) is 0 Å². The average Bonchev–Trinajstić information content (AvgIpc) is 2.37. The van der Waals surface area contributed by atoms with E-state index in [0.717, 1.165) is 10.6 Å². The normalized spacial score (nSPS) is 19.3. The summed E-state index contributed by atoms with van der Waals surface area (Å²) in [6.07, 6.45) is 2.56. The van der Waals surface area contributed by atoms with Crippen molar-refractivity contribution in [1.29, 1.82) is 0 Å². The van der Waals surface area contributed by atoms with E-state index in [0.29, 0.717) is 22.7 Å². The van der Waals surface area contributed by atoms with E-state index in [9.17, 15) is 9.90 Å². The highest BCUT2D eigenvalue weighted by Gasteiger charge is 2.29. The highest BCUT2D eigenvalue weighted by Crippen LogP contribution is 2.37. The van der Waals surface area contributed by atoms with Gasteiger partial charge in [0, 0.05) is 23.1 Å². The van der Waals surface area contributed by atoms with Crippen LogP contribution in [0, 0.1) is 0 Å². The van der Waals surface area contributed by atoms with Crippen molar-refractivity contribution in [2.75, 3.05) is 6.26 Å². The van der Waals surface area contributed by atoms with Crippen molar-refractivity contribution in [1.82, 2.24) is 0 Å². The largest absolute Gasteiger partial charge is 0.478 e. The van der Waals surface area contributed by atoms with Crippen LogP contribution in [0.15, 0.2) is 40.5 Å². The summed E-state index contributed by atoms with van der Waals surface area (Å²) in [7, 11) is 0. The number of halogens is 1. The number of aliphatic carboxylic acids is 1. The van der Waals surface area contributed by atoms with Gasteiger partial charge in [0.05, 0.1) is 10.6 Å². The van der Waals surface area contributed by atoms with Crippen molar-refractivity contribution >= 4 is 34.4 Å². The van der Waals surface area contributed by atoms with Crippen molar-refractivity contribution in [3.05, 3.63) is 46.1 Å². The third-order valence-electron chi connectivity index (χ3n) is 3.13. The maximum atomic E-state index is 11.5. The number of carboxylic acids is 1. The van der Waals surface area contributed by atoms with Gasteiger partial charge in [-0.25, -0.2) is 4.79 Å². The van der Waals surface area contributed by atoms with E-state index in [1.165, 1.54) is 0 Å². The average molecular weight is 296 g/mol. The van der Waals surface area contributed by atoms with Gasteiger partial charge in [0.2, 0.25) is 0 Å². The fraction of sp³-hybridized carbons (Fsp3) is 0.286. The molecule has 1 aromatic carbocycles. The van der Waals surface area contributed by atoms with E-state index < -0.39 is 5.97 Å². The minimum atomic E-state index is -0.911. The van der Waals surface area contributed by atoms with Gasteiger partial charge in [-0.05, 0) is 30.9 Å². The molecule has 1 N–H and O–H groups in total. The molecule has 5 heteroatoms. The number of thioether (sulfide) groups is 1. The Bertz CT molecular complexity index is 581. The molecule has 0 spiro atoms. The Morgan fingerprint density at radius 2 is 2.26 bits per heavy atom. The van der Waals surface area contributed by atoms with E-state index in [1.807, 2.05) is 24.5 Å². The highest BCUT2D eigenvalue weighted by atomic mass is 35.5. The molecule has 0 bridgehead atoms. The second-order valence-electron chi connectivity index (χ2n) is 4.33. The summed E-state index contributed by atoms with van der Waals surface area (Å²) >= 11 is 7.55. The van der Waals surface area contributed by atoms with Crippen molar-refractivity contribution in [3.8, 4) is 0 Å². The van der Waals surface area contributed by atoms with E-state index in [-0.39, 0.29) is 5.92 Å². The molecule has 19 heavy (non-hydrogen) atoms. The van der Waals surface area contributed by atoms with E-state index in [2.05, 4.69) is 4.99 Å². The molecule has 0 saturated heterocycles. The van der Waals surface area contributed by atoms with Crippen molar-refractivity contribution in [2.24, 2.45) is 4.99 Å². The number of carboxylic acid groups (broad SMARTS) is 1. The zero-order valence-electron chi connectivity index (χ0n) is 10.7. The van der Waals surface area contributed by atoms with Gasteiger partial charge in [0.15, 0.2) is 0 Å². The van der Waals surface area contributed by atoms with Gasteiger partial charge in [-0.15, -0.1) is 11.8 Å². The lowest BCUT2D eigenvalue weighted by Gasteiger charge is -2.24. The van der Waals surface area contributed by atoms with Gasteiger partial charge in [-0.3, -0.25) is 4.99 Å². The molecule has 1 aromatic rings. The molecule has 0 amide bonds. The Morgan fingerprint density at radius 1 is 1.53 bits per heavy atom. The minimum Gasteiger partial charge on any atom is -0.478 e. The zero-order chi connectivity index (χ0) is 14.0. The molecule has 1 unspecified atom stereocenters. The fourth-order valence-corrected chi connectivity index (χ4v) is 3.02. The smallest absolute Gasteiger partial charge is 0.334 e. The first-order chi connectivity index (χ1) is 9.02. The van der Waals surface area contributed by atoms with E-state index in [4.69, 9.17) is 11.6 Å².